The Morgan fingerprint density at radius 2 is 1.66 bits per heavy atom. The number of carbonyl (C=O) groups is 2. The summed E-state index contributed by atoms with van der Waals surface area (Å²) in [6, 6.07) is 18.2. The number of halogens is 1. The van der Waals surface area contributed by atoms with E-state index in [2.05, 4.69) is 5.32 Å². The van der Waals surface area contributed by atoms with Gasteiger partial charge in [0.25, 0.3) is 11.8 Å². The van der Waals surface area contributed by atoms with Crippen molar-refractivity contribution in [1.29, 1.82) is 0 Å². The van der Waals surface area contributed by atoms with E-state index in [1.807, 2.05) is 45.0 Å². The molecule has 1 N–H and O–H groups in total. The predicted molar refractivity (Wildman–Crippen MR) is 128 cm³/mol. The van der Waals surface area contributed by atoms with Gasteiger partial charge in [0.1, 0.15) is 11.4 Å². The monoisotopic (exact) mass is 446 g/mol. The molecule has 1 heterocycles. The minimum absolute atomic E-state index is 0.207. The number of imide groups is 1. The van der Waals surface area contributed by atoms with Crippen LogP contribution in [0, 0.1) is 20.8 Å². The Balaban J connectivity index is 1.91. The van der Waals surface area contributed by atoms with Gasteiger partial charge in [0.2, 0.25) is 0 Å². The number of rotatable bonds is 5. The average molecular weight is 447 g/mol. The second kappa shape index (κ2) is 8.52. The lowest BCUT2D eigenvalue weighted by Gasteiger charge is -2.18. The molecular formula is C26H23ClN2O3. The molecule has 3 aromatic carbocycles. The van der Waals surface area contributed by atoms with Gasteiger partial charge >= 0.3 is 0 Å². The van der Waals surface area contributed by atoms with Crippen LogP contribution in [0.25, 0.3) is 5.57 Å². The summed E-state index contributed by atoms with van der Waals surface area (Å²) >= 11 is 6.29. The number of nitrogens with zero attached hydrogens (tertiary/aromatic N) is 1. The summed E-state index contributed by atoms with van der Waals surface area (Å²) < 4.78 is 5.42. The van der Waals surface area contributed by atoms with Crippen molar-refractivity contribution in [2.24, 2.45) is 0 Å². The zero-order valence-electron chi connectivity index (χ0n) is 18.3. The van der Waals surface area contributed by atoms with Gasteiger partial charge in [-0.25, -0.2) is 4.90 Å². The molecule has 0 saturated carbocycles. The highest BCUT2D eigenvalue weighted by atomic mass is 35.5. The molecule has 0 aliphatic carbocycles. The largest absolute Gasteiger partial charge is 0.495 e. The van der Waals surface area contributed by atoms with Crippen LogP contribution in [0.15, 0.2) is 66.4 Å². The zero-order chi connectivity index (χ0) is 23.0. The first kappa shape index (κ1) is 21.7. The van der Waals surface area contributed by atoms with Gasteiger partial charge in [-0.3, -0.25) is 9.59 Å². The van der Waals surface area contributed by atoms with Gasteiger partial charge in [0.15, 0.2) is 0 Å². The van der Waals surface area contributed by atoms with Crippen LogP contribution >= 0.6 is 11.6 Å². The van der Waals surface area contributed by atoms with E-state index >= 15 is 0 Å². The fraction of sp³-hybridized carbons (Fsp3) is 0.154. The second-order valence-electron chi connectivity index (χ2n) is 7.72. The van der Waals surface area contributed by atoms with Crippen molar-refractivity contribution >= 4 is 40.4 Å². The quantitative estimate of drug-likeness (QED) is 0.513. The van der Waals surface area contributed by atoms with E-state index in [1.165, 1.54) is 7.11 Å². The van der Waals surface area contributed by atoms with Crippen molar-refractivity contribution in [3.05, 3.63) is 93.6 Å². The lowest BCUT2D eigenvalue weighted by atomic mass is 9.97. The topological polar surface area (TPSA) is 58.6 Å². The molecule has 1 aliphatic heterocycles. The smallest absolute Gasteiger partial charge is 0.282 e. The molecule has 5 nitrogen and oxygen atoms in total. The Kier molecular flexibility index (Phi) is 5.76. The number of hydrogen-bond donors (Lipinski definition) is 1. The van der Waals surface area contributed by atoms with Gasteiger partial charge < -0.3 is 10.1 Å². The van der Waals surface area contributed by atoms with Crippen LogP contribution in [0.3, 0.4) is 0 Å². The first-order valence-electron chi connectivity index (χ1n) is 10.2. The zero-order valence-corrected chi connectivity index (χ0v) is 19.1. The van der Waals surface area contributed by atoms with E-state index in [4.69, 9.17) is 16.3 Å². The number of amides is 2. The van der Waals surface area contributed by atoms with Gasteiger partial charge in [-0.05, 0) is 61.7 Å². The van der Waals surface area contributed by atoms with Gasteiger partial charge in [0, 0.05) is 10.7 Å². The SMILES string of the molecule is COc1ccccc1N1C(=O)C(Nc2cccc(Cl)c2C)=C(c2ccc(C)cc2C)C1=O. The number of anilines is 2. The summed E-state index contributed by atoms with van der Waals surface area (Å²) in [5.41, 5.74) is 5.06. The molecule has 0 bridgehead atoms. The van der Waals surface area contributed by atoms with Crippen molar-refractivity contribution in [2.75, 3.05) is 17.3 Å². The van der Waals surface area contributed by atoms with Gasteiger partial charge in [0.05, 0.1) is 18.4 Å². The molecule has 0 unspecified atom stereocenters. The van der Waals surface area contributed by atoms with Crippen LogP contribution < -0.4 is 15.0 Å². The number of benzene rings is 3. The van der Waals surface area contributed by atoms with Crippen LogP contribution in [0.4, 0.5) is 11.4 Å². The molecule has 1 aliphatic rings. The number of ether oxygens (including phenoxy) is 1. The third kappa shape index (κ3) is 3.65. The normalized spacial score (nSPS) is 13.7. The number of hydrogen-bond acceptors (Lipinski definition) is 4. The minimum Gasteiger partial charge on any atom is -0.495 e. The summed E-state index contributed by atoms with van der Waals surface area (Å²) in [5.74, 6) is -0.420. The molecule has 3 aromatic rings. The molecular weight excluding hydrogens is 424 g/mol. The fourth-order valence-electron chi connectivity index (χ4n) is 3.90. The average Bonchev–Trinajstić information content (AvgIpc) is 3.01. The third-order valence-electron chi connectivity index (χ3n) is 5.59. The third-order valence-corrected chi connectivity index (χ3v) is 6.00. The predicted octanol–water partition coefficient (Wildman–Crippen LogP) is 5.67. The van der Waals surface area contributed by atoms with Gasteiger partial charge in [-0.2, -0.15) is 0 Å². The van der Waals surface area contributed by atoms with E-state index < -0.39 is 11.8 Å². The molecule has 0 atom stereocenters. The lowest BCUT2D eigenvalue weighted by Crippen LogP contribution is -2.32. The highest BCUT2D eigenvalue weighted by Gasteiger charge is 2.42. The van der Waals surface area contributed by atoms with E-state index in [0.29, 0.717) is 33.3 Å². The maximum Gasteiger partial charge on any atom is 0.282 e. The lowest BCUT2D eigenvalue weighted by molar-refractivity contribution is -0.120. The van der Waals surface area contributed by atoms with E-state index in [-0.39, 0.29) is 5.70 Å². The minimum atomic E-state index is -0.450. The Morgan fingerprint density at radius 3 is 2.38 bits per heavy atom. The van der Waals surface area contributed by atoms with Crippen LogP contribution in [0.1, 0.15) is 22.3 Å². The fourth-order valence-corrected chi connectivity index (χ4v) is 4.08. The van der Waals surface area contributed by atoms with Crippen molar-refractivity contribution in [3.8, 4) is 5.75 Å². The molecule has 0 radical (unpaired) electrons. The Hall–Kier alpha value is -3.57. The molecule has 2 amide bonds. The Bertz CT molecular complexity index is 1280. The van der Waals surface area contributed by atoms with Crippen LogP contribution in [0.2, 0.25) is 5.02 Å². The second-order valence-corrected chi connectivity index (χ2v) is 8.13. The molecule has 162 valence electrons. The number of para-hydroxylation sites is 2. The highest BCUT2D eigenvalue weighted by Crippen LogP contribution is 2.39. The summed E-state index contributed by atoms with van der Waals surface area (Å²) in [5, 5.41) is 3.77. The van der Waals surface area contributed by atoms with Crippen molar-refractivity contribution in [1.82, 2.24) is 0 Å². The van der Waals surface area contributed by atoms with Crippen LogP contribution in [-0.2, 0) is 9.59 Å². The van der Waals surface area contributed by atoms with E-state index in [1.54, 1.807) is 36.4 Å². The molecule has 4 rings (SSSR count). The number of methoxy groups -OCH3 is 1. The Morgan fingerprint density at radius 1 is 0.906 bits per heavy atom. The maximum absolute atomic E-state index is 13.7. The first-order chi connectivity index (χ1) is 15.3. The van der Waals surface area contributed by atoms with Crippen molar-refractivity contribution in [3.63, 3.8) is 0 Å². The van der Waals surface area contributed by atoms with Crippen LogP contribution in [-0.4, -0.2) is 18.9 Å². The number of nitrogens with one attached hydrogen (secondary N) is 1. The summed E-state index contributed by atoms with van der Waals surface area (Å²) in [6.07, 6.45) is 0. The summed E-state index contributed by atoms with van der Waals surface area (Å²) in [4.78, 5) is 28.5. The van der Waals surface area contributed by atoms with Crippen molar-refractivity contribution < 1.29 is 14.3 Å². The van der Waals surface area contributed by atoms with E-state index in [0.717, 1.165) is 21.6 Å². The highest BCUT2D eigenvalue weighted by molar-refractivity contribution is 6.46. The number of carbonyl (C=O) groups excluding carboxylic acids is 2. The molecule has 32 heavy (non-hydrogen) atoms. The molecule has 6 heteroatoms. The van der Waals surface area contributed by atoms with Gasteiger partial charge in [-0.1, -0.05) is 53.6 Å². The van der Waals surface area contributed by atoms with Crippen LogP contribution in [0.5, 0.6) is 5.75 Å². The molecule has 0 aromatic heterocycles. The van der Waals surface area contributed by atoms with Crippen molar-refractivity contribution in [2.45, 2.75) is 20.8 Å². The summed E-state index contributed by atoms with van der Waals surface area (Å²) in [6.45, 7) is 5.78. The maximum atomic E-state index is 13.7. The van der Waals surface area contributed by atoms with Gasteiger partial charge in [-0.15, -0.1) is 0 Å². The first-order valence-corrected chi connectivity index (χ1v) is 10.6. The molecule has 0 fully saturated rings. The molecule has 0 saturated heterocycles. The standard InChI is InChI=1S/C26H23ClN2O3/c1-15-12-13-18(16(2)14-15)23-24(28-20-9-7-8-19(27)17(20)3)26(31)29(25(23)30)21-10-5-6-11-22(21)32-4/h5-14,28H,1-4H3. The van der Waals surface area contributed by atoms with E-state index in [9.17, 15) is 9.59 Å². The number of aryl methyl sites for hydroxylation is 2. The summed E-state index contributed by atoms with van der Waals surface area (Å²) in [7, 11) is 1.51. The molecule has 0 spiro atoms. The Labute approximate surface area is 192 Å².